The molecular weight excluding hydrogens is 435 g/mol. The van der Waals surface area contributed by atoms with Crippen LogP contribution in [0.2, 0.25) is 5.02 Å². The average molecular weight is 443 g/mol. The molecule has 110 valence electrons. The zero-order valence-electron chi connectivity index (χ0n) is 11.0. The van der Waals surface area contributed by atoms with E-state index in [1.807, 2.05) is 0 Å². The fraction of sp³-hybridized carbons (Fsp3) is 0. The zero-order chi connectivity index (χ0) is 15.9. The first-order valence-electron chi connectivity index (χ1n) is 6.23. The van der Waals surface area contributed by atoms with E-state index >= 15 is 0 Å². The van der Waals surface area contributed by atoms with Crippen molar-refractivity contribution in [3.8, 4) is 0 Å². The maximum Gasteiger partial charge on any atom is 0.269 e. The Morgan fingerprint density at radius 2 is 1.95 bits per heavy atom. The molecule has 0 unspecified atom stereocenters. The summed E-state index contributed by atoms with van der Waals surface area (Å²) in [7, 11) is 0. The number of nitrogens with zero attached hydrogens (tertiary/aromatic N) is 1. The second-order valence-electron chi connectivity index (χ2n) is 4.55. The highest BCUT2D eigenvalue weighted by Crippen LogP contribution is 2.20. The predicted molar refractivity (Wildman–Crippen MR) is 97.3 cm³/mol. The Balaban J connectivity index is 2.31. The Morgan fingerprint density at radius 3 is 2.73 bits per heavy atom. The molecule has 0 fully saturated rings. The highest BCUT2D eigenvalue weighted by atomic mass is 127. The van der Waals surface area contributed by atoms with Crippen molar-refractivity contribution in [2.24, 2.45) is 0 Å². The van der Waals surface area contributed by atoms with Gasteiger partial charge in [-0.05, 0) is 65.1 Å². The fourth-order valence-electron chi connectivity index (χ4n) is 2.13. The lowest BCUT2D eigenvalue weighted by Crippen LogP contribution is -2.29. The molecule has 3 aromatic rings. The van der Waals surface area contributed by atoms with Crippen LogP contribution < -0.4 is 5.56 Å². The van der Waals surface area contributed by atoms with Crippen LogP contribution in [0.25, 0.3) is 10.9 Å². The smallest absolute Gasteiger partial charge is 0.269 e. The number of fused-ring (bicyclic) bond motifs is 1. The molecular formula is C15H8ClIN2O2S. The topological polar surface area (TPSA) is 54.9 Å². The molecule has 0 saturated heterocycles. The number of rotatable bonds is 1. The fourth-order valence-corrected chi connectivity index (χ4v) is 3.09. The summed E-state index contributed by atoms with van der Waals surface area (Å²) in [5, 5.41) is 0.672. The van der Waals surface area contributed by atoms with E-state index < -0.39 is 11.5 Å². The summed E-state index contributed by atoms with van der Waals surface area (Å²) in [4.78, 5) is 28.2. The Bertz CT molecular complexity index is 1030. The van der Waals surface area contributed by atoms with E-state index in [-0.39, 0.29) is 15.4 Å². The summed E-state index contributed by atoms with van der Waals surface area (Å²) < 4.78 is 1.83. The normalized spacial score (nSPS) is 10.8. The largest absolute Gasteiger partial charge is 0.331 e. The van der Waals surface area contributed by atoms with Gasteiger partial charge in [-0.1, -0.05) is 23.7 Å². The first-order valence-corrected chi connectivity index (χ1v) is 8.09. The lowest BCUT2D eigenvalue weighted by atomic mass is 10.2. The van der Waals surface area contributed by atoms with Gasteiger partial charge in [-0.25, -0.2) is 4.57 Å². The predicted octanol–water partition coefficient (Wildman–Crippen LogP) is 4.01. The SMILES string of the molecule is O=C(c1cc(I)ccc1Cl)n1c(=S)[nH]c2ccccc2c1=O. The van der Waals surface area contributed by atoms with Crippen LogP contribution in [0.4, 0.5) is 0 Å². The van der Waals surface area contributed by atoms with Crippen LogP contribution in [0.5, 0.6) is 0 Å². The van der Waals surface area contributed by atoms with E-state index in [9.17, 15) is 9.59 Å². The van der Waals surface area contributed by atoms with Crippen molar-refractivity contribution in [1.82, 2.24) is 9.55 Å². The second-order valence-corrected chi connectivity index (χ2v) is 6.59. The van der Waals surface area contributed by atoms with Gasteiger partial charge in [-0.15, -0.1) is 0 Å². The van der Waals surface area contributed by atoms with Crippen molar-refractivity contribution in [3.63, 3.8) is 0 Å². The lowest BCUT2D eigenvalue weighted by molar-refractivity contribution is 0.0953. The quantitative estimate of drug-likeness (QED) is 0.458. The molecule has 0 aliphatic rings. The first kappa shape index (κ1) is 15.4. The molecule has 0 atom stereocenters. The number of halogens is 2. The number of nitrogens with one attached hydrogen (secondary N) is 1. The molecule has 4 nitrogen and oxygen atoms in total. The number of carbonyl (C=O) groups is 1. The Labute approximate surface area is 148 Å². The van der Waals surface area contributed by atoms with E-state index in [2.05, 4.69) is 27.6 Å². The van der Waals surface area contributed by atoms with E-state index in [0.717, 1.165) is 8.14 Å². The molecule has 0 bridgehead atoms. The number of aromatic amines is 1. The van der Waals surface area contributed by atoms with Gasteiger partial charge >= 0.3 is 0 Å². The second kappa shape index (κ2) is 5.94. The van der Waals surface area contributed by atoms with Crippen LogP contribution in [0, 0.1) is 8.34 Å². The summed E-state index contributed by atoms with van der Waals surface area (Å²) in [5.41, 5.74) is 0.375. The average Bonchev–Trinajstić information content (AvgIpc) is 2.49. The maximum absolute atomic E-state index is 12.7. The van der Waals surface area contributed by atoms with Crippen LogP contribution in [-0.4, -0.2) is 15.5 Å². The highest BCUT2D eigenvalue weighted by Gasteiger charge is 2.17. The molecule has 0 amide bonds. The number of H-pyrrole nitrogens is 1. The standard InChI is InChI=1S/C15H8ClIN2O2S/c16-11-6-5-8(17)7-10(11)14(21)19-13(20)9-3-1-2-4-12(9)18-15(19)22/h1-7H,(H,18,22). The molecule has 7 heteroatoms. The third-order valence-corrected chi connectivity index (χ3v) is 4.45. The van der Waals surface area contributed by atoms with Gasteiger partial charge in [0.1, 0.15) is 0 Å². The monoisotopic (exact) mass is 442 g/mol. The van der Waals surface area contributed by atoms with Gasteiger partial charge in [0, 0.05) is 3.57 Å². The summed E-state index contributed by atoms with van der Waals surface area (Å²) in [6.45, 7) is 0. The summed E-state index contributed by atoms with van der Waals surface area (Å²) in [5.74, 6) is -0.541. The zero-order valence-corrected chi connectivity index (χ0v) is 14.7. The van der Waals surface area contributed by atoms with Crippen molar-refractivity contribution < 1.29 is 4.79 Å². The van der Waals surface area contributed by atoms with Gasteiger partial charge in [0.05, 0.1) is 21.5 Å². The van der Waals surface area contributed by atoms with Crippen molar-refractivity contribution in [2.45, 2.75) is 0 Å². The minimum absolute atomic E-state index is 0.0450. The number of para-hydroxylation sites is 1. The molecule has 0 spiro atoms. The summed E-state index contributed by atoms with van der Waals surface area (Å²) in [6.07, 6.45) is 0. The Hall–Kier alpha value is -1.51. The molecule has 1 aromatic heterocycles. The Kier molecular flexibility index (Phi) is 4.16. The van der Waals surface area contributed by atoms with Crippen LogP contribution >= 0.6 is 46.4 Å². The lowest BCUT2D eigenvalue weighted by Gasteiger charge is -2.08. The minimum Gasteiger partial charge on any atom is -0.331 e. The third kappa shape index (κ3) is 2.62. The molecule has 0 aliphatic heterocycles. The van der Waals surface area contributed by atoms with Gasteiger partial charge in [-0.2, -0.15) is 0 Å². The van der Waals surface area contributed by atoms with Crippen molar-refractivity contribution in [2.75, 3.05) is 0 Å². The van der Waals surface area contributed by atoms with Crippen LogP contribution in [0.1, 0.15) is 10.4 Å². The molecule has 0 aliphatic carbocycles. The maximum atomic E-state index is 12.7. The molecule has 22 heavy (non-hydrogen) atoms. The van der Waals surface area contributed by atoms with Crippen molar-refractivity contribution in [3.05, 3.63) is 71.7 Å². The van der Waals surface area contributed by atoms with E-state index in [0.29, 0.717) is 10.9 Å². The van der Waals surface area contributed by atoms with Crippen molar-refractivity contribution in [1.29, 1.82) is 0 Å². The highest BCUT2D eigenvalue weighted by molar-refractivity contribution is 14.1. The van der Waals surface area contributed by atoms with Crippen LogP contribution in [-0.2, 0) is 0 Å². The minimum atomic E-state index is -0.541. The van der Waals surface area contributed by atoms with E-state index in [1.165, 1.54) is 0 Å². The van der Waals surface area contributed by atoms with E-state index in [4.69, 9.17) is 23.8 Å². The van der Waals surface area contributed by atoms with Gasteiger partial charge in [0.15, 0.2) is 4.77 Å². The van der Waals surface area contributed by atoms with Gasteiger partial charge < -0.3 is 4.98 Å². The van der Waals surface area contributed by atoms with Gasteiger partial charge in [-0.3, -0.25) is 9.59 Å². The number of hydrogen-bond donors (Lipinski definition) is 1. The molecule has 1 N–H and O–H groups in total. The summed E-state index contributed by atoms with van der Waals surface area (Å²) in [6, 6.07) is 11.9. The third-order valence-electron chi connectivity index (χ3n) is 3.17. The van der Waals surface area contributed by atoms with Gasteiger partial charge in [0.25, 0.3) is 11.5 Å². The van der Waals surface area contributed by atoms with E-state index in [1.54, 1.807) is 42.5 Å². The molecule has 3 rings (SSSR count). The molecule has 0 saturated carbocycles. The number of benzene rings is 2. The number of aromatic nitrogens is 2. The number of hydrogen-bond acceptors (Lipinski definition) is 3. The number of carbonyl (C=O) groups excluding carboxylic acids is 1. The summed E-state index contributed by atoms with van der Waals surface area (Å²) >= 11 is 13.3. The molecule has 1 heterocycles. The Morgan fingerprint density at radius 1 is 1.23 bits per heavy atom. The van der Waals surface area contributed by atoms with Crippen LogP contribution in [0.15, 0.2) is 47.3 Å². The molecule has 0 radical (unpaired) electrons. The molecule has 2 aromatic carbocycles. The van der Waals surface area contributed by atoms with Crippen molar-refractivity contribution >= 4 is 63.2 Å². The first-order chi connectivity index (χ1) is 10.5. The van der Waals surface area contributed by atoms with Gasteiger partial charge in [0.2, 0.25) is 0 Å². The van der Waals surface area contributed by atoms with Crippen LogP contribution in [0.3, 0.4) is 0 Å².